The van der Waals surface area contributed by atoms with Crippen LogP contribution in [-0.4, -0.2) is 20.9 Å². The fourth-order valence-electron chi connectivity index (χ4n) is 2.03. The van der Waals surface area contributed by atoms with E-state index in [0.717, 1.165) is 17.5 Å². The molecule has 1 aromatic rings. The van der Waals surface area contributed by atoms with E-state index >= 15 is 0 Å². The Balaban J connectivity index is 2.54. The first-order valence-corrected chi connectivity index (χ1v) is 7.38. The van der Waals surface area contributed by atoms with Crippen LogP contribution in [0, 0.1) is 13.8 Å². The van der Waals surface area contributed by atoms with Crippen molar-refractivity contribution in [3.8, 4) is 0 Å². The van der Waals surface area contributed by atoms with Gasteiger partial charge in [-0.1, -0.05) is 13.0 Å². The molecule has 2 rings (SSSR count). The second-order valence-electron chi connectivity index (χ2n) is 4.42. The zero-order chi connectivity index (χ0) is 13.3. The third-order valence-corrected chi connectivity index (χ3v) is 4.21. The zero-order valence-electron chi connectivity index (χ0n) is 10.7. The van der Waals surface area contributed by atoms with Crippen molar-refractivity contribution in [2.24, 2.45) is 4.99 Å². The maximum Gasteiger partial charge on any atom is 0.266 e. The highest BCUT2D eigenvalue weighted by atomic mass is 32.2. The van der Waals surface area contributed by atoms with Gasteiger partial charge in [-0.3, -0.25) is 4.99 Å². The third-order valence-electron chi connectivity index (χ3n) is 2.67. The fraction of sp³-hybridized carbons (Fsp3) is 0.417. The number of anilines is 1. The molecule has 0 saturated carbocycles. The second-order valence-corrected chi connectivity index (χ2v) is 6.04. The average molecular weight is 267 g/mol. The monoisotopic (exact) mass is 267 g/mol. The third kappa shape index (κ3) is 2.33. The minimum Gasteiger partial charge on any atom is -0.324 e. The van der Waals surface area contributed by atoms with Crippen molar-refractivity contribution in [1.29, 1.82) is 0 Å². The van der Waals surface area contributed by atoms with Gasteiger partial charge in [-0.25, -0.2) is 13.1 Å². The molecule has 98 valence electrons. The van der Waals surface area contributed by atoms with Gasteiger partial charge < -0.3 is 5.32 Å². The molecule has 5 nitrogen and oxygen atoms in total. The van der Waals surface area contributed by atoms with Crippen molar-refractivity contribution in [3.63, 3.8) is 0 Å². The SMILES string of the molecule is CCCN=C1Nc2cc(C)cc(C)c2S(=O)(=O)N1. The van der Waals surface area contributed by atoms with E-state index in [1.807, 2.05) is 26.0 Å². The summed E-state index contributed by atoms with van der Waals surface area (Å²) in [4.78, 5) is 4.48. The van der Waals surface area contributed by atoms with Gasteiger partial charge in [-0.2, -0.15) is 0 Å². The lowest BCUT2D eigenvalue weighted by atomic mass is 10.1. The van der Waals surface area contributed by atoms with Crippen molar-refractivity contribution in [3.05, 3.63) is 23.3 Å². The Kier molecular flexibility index (Phi) is 3.30. The molecule has 0 bridgehead atoms. The van der Waals surface area contributed by atoms with Crippen molar-refractivity contribution >= 4 is 21.7 Å². The molecule has 0 fully saturated rings. The van der Waals surface area contributed by atoms with E-state index in [0.29, 0.717) is 23.1 Å². The van der Waals surface area contributed by atoms with Crippen LogP contribution in [0.4, 0.5) is 5.69 Å². The van der Waals surface area contributed by atoms with Crippen LogP contribution in [0.3, 0.4) is 0 Å². The van der Waals surface area contributed by atoms with E-state index in [9.17, 15) is 8.42 Å². The molecule has 0 amide bonds. The Morgan fingerprint density at radius 2 is 2.00 bits per heavy atom. The maximum absolute atomic E-state index is 12.1. The van der Waals surface area contributed by atoms with Gasteiger partial charge in [-0.15, -0.1) is 0 Å². The lowest BCUT2D eigenvalue weighted by molar-refractivity contribution is 0.591. The molecule has 0 radical (unpaired) electrons. The number of rotatable bonds is 2. The molecule has 0 spiro atoms. The summed E-state index contributed by atoms with van der Waals surface area (Å²) in [6.07, 6.45) is 0.868. The van der Waals surface area contributed by atoms with E-state index < -0.39 is 10.0 Å². The summed E-state index contributed by atoms with van der Waals surface area (Å²) in [5, 5.41) is 3.03. The predicted molar refractivity (Wildman–Crippen MR) is 72.5 cm³/mol. The van der Waals surface area contributed by atoms with E-state index in [1.54, 1.807) is 6.92 Å². The van der Waals surface area contributed by atoms with Gasteiger partial charge in [-0.05, 0) is 37.5 Å². The fourth-order valence-corrected chi connectivity index (χ4v) is 3.39. The first-order chi connectivity index (χ1) is 8.44. The number of fused-ring (bicyclic) bond motifs is 1. The van der Waals surface area contributed by atoms with Crippen molar-refractivity contribution in [2.45, 2.75) is 32.1 Å². The number of benzene rings is 1. The highest BCUT2D eigenvalue weighted by molar-refractivity contribution is 7.90. The molecule has 2 N–H and O–H groups in total. The maximum atomic E-state index is 12.1. The molecule has 0 aliphatic carbocycles. The number of guanidine groups is 1. The number of aryl methyl sites for hydroxylation is 2. The number of sulfonamides is 1. The Morgan fingerprint density at radius 1 is 1.28 bits per heavy atom. The number of aliphatic imine (C=N–C) groups is 1. The Labute approximate surface area is 107 Å². The molecule has 0 unspecified atom stereocenters. The summed E-state index contributed by atoms with van der Waals surface area (Å²) in [5.74, 6) is 0.300. The van der Waals surface area contributed by atoms with Crippen LogP contribution >= 0.6 is 0 Å². The van der Waals surface area contributed by atoms with Crippen LogP contribution in [0.5, 0.6) is 0 Å². The zero-order valence-corrected chi connectivity index (χ0v) is 11.6. The first kappa shape index (κ1) is 12.9. The normalized spacial score (nSPS) is 18.9. The van der Waals surface area contributed by atoms with Gasteiger partial charge in [0.05, 0.1) is 5.69 Å². The molecule has 1 aliphatic heterocycles. The molecule has 1 aromatic carbocycles. The van der Waals surface area contributed by atoms with Crippen molar-refractivity contribution < 1.29 is 8.42 Å². The molecular weight excluding hydrogens is 250 g/mol. The second kappa shape index (κ2) is 4.61. The van der Waals surface area contributed by atoms with Crippen LogP contribution in [-0.2, 0) is 10.0 Å². The number of nitrogens with zero attached hydrogens (tertiary/aromatic N) is 1. The number of hydrogen-bond acceptors (Lipinski definition) is 3. The molecule has 1 heterocycles. The quantitative estimate of drug-likeness (QED) is 0.858. The topological polar surface area (TPSA) is 70.6 Å². The van der Waals surface area contributed by atoms with Crippen LogP contribution in [0.1, 0.15) is 24.5 Å². The molecule has 1 aliphatic rings. The van der Waals surface area contributed by atoms with Crippen molar-refractivity contribution in [1.82, 2.24) is 4.72 Å². The van der Waals surface area contributed by atoms with E-state index in [-0.39, 0.29) is 0 Å². The van der Waals surface area contributed by atoms with E-state index in [4.69, 9.17) is 0 Å². The number of hydrogen-bond donors (Lipinski definition) is 2. The van der Waals surface area contributed by atoms with Gasteiger partial charge in [0.15, 0.2) is 0 Å². The lowest BCUT2D eigenvalue weighted by Gasteiger charge is -2.23. The summed E-state index contributed by atoms with van der Waals surface area (Å²) >= 11 is 0. The van der Waals surface area contributed by atoms with Gasteiger partial charge in [0.2, 0.25) is 5.96 Å². The van der Waals surface area contributed by atoms with Gasteiger partial charge in [0.25, 0.3) is 10.0 Å². The highest BCUT2D eigenvalue weighted by Crippen LogP contribution is 2.29. The summed E-state index contributed by atoms with van der Waals surface area (Å²) in [7, 11) is -3.51. The largest absolute Gasteiger partial charge is 0.324 e. The minimum absolute atomic E-state index is 0.300. The molecule has 0 aromatic heterocycles. The Morgan fingerprint density at radius 3 is 2.67 bits per heavy atom. The van der Waals surface area contributed by atoms with E-state index in [1.165, 1.54) is 0 Å². The van der Waals surface area contributed by atoms with Crippen LogP contribution in [0.25, 0.3) is 0 Å². The molecule has 0 atom stereocenters. The Bertz CT molecular complexity index is 606. The van der Waals surface area contributed by atoms with Crippen LogP contribution in [0.15, 0.2) is 22.0 Å². The lowest BCUT2D eigenvalue weighted by Crippen LogP contribution is -2.41. The summed E-state index contributed by atoms with van der Waals surface area (Å²) in [6, 6.07) is 3.68. The van der Waals surface area contributed by atoms with Crippen molar-refractivity contribution in [2.75, 3.05) is 11.9 Å². The summed E-state index contributed by atoms with van der Waals surface area (Å²) in [5.41, 5.74) is 2.35. The van der Waals surface area contributed by atoms with Gasteiger partial charge in [0, 0.05) is 6.54 Å². The minimum atomic E-state index is -3.51. The van der Waals surface area contributed by atoms with E-state index in [2.05, 4.69) is 15.0 Å². The predicted octanol–water partition coefficient (Wildman–Crippen LogP) is 1.77. The Hall–Kier alpha value is -1.56. The number of nitrogens with one attached hydrogen (secondary N) is 2. The van der Waals surface area contributed by atoms with Gasteiger partial charge >= 0.3 is 0 Å². The van der Waals surface area contributed by atoms with Crippen LogP contribution in [0.2, 0.25) is 0 Å². The first-order valence-electron chi connectivity index (χ1n) is 5.89. The van der Waals surface area contributed by atoms with Crippen LogP contribution < -0.4 is 10.0 Å². The molecule has 0 saturated heterocycles. The molecule has 18 heavy (non-hydrogen) atoms. The standard InChI is InChI=1S/C12H17N3O2S/c1-4-5-13-12-14-10-7-8(2)6-9(3)11(10)18(16,17)15-12/h6-7H,4-5H2,1-3H3,(H2,13,14,15). The molecular formula is C12H17N3O2S. The highest BCUT2D eigenvalue weighted by Gasteiger charge is 2.28. The average Bonchev–Trinajstić information content (AvgIpc) is 2.23. The van der Waals surface area contributed by atoms with Gasteiger partial charge in [0.1, 0.15) is 4.90 Å². The summed E-state index contributed by atoms with van der Waals surface area (Å²) < 4.78 is 26.7. The summed E-state index contributed by atoms with van der Waals surface area (Å²) in [6.45, 7) is 6.31. The molecule has 6 heteroatoms. The smallest absolute Gasteiger partial charge is 0.266 e.